The molecule has 146 valence electrons. The zero-order chi connectivity index (χ0) is 19.5. The van der Waals surface area contributed by atoms with Crippen molar-refractivity contribution in [3.05, 3.63) is 53.5 Å². The number of amides is 1. The third kappa shape index (κ3) is 4.51. The van der Waals surface area contributed by atoms with Gasteiger partial charge in [0.25, 0.3) is 5.76 Å². The smallest absolute Gasteiger partial charge is 0.288 e. The van der Waals surface area contributed by atoms with E-state index in [0.717, 1.165) is 34.6 Å². The summed E-state index contributed by atoms with van der Waals surface area (Å²) in [6.45, 7) is 1.14. The highest BCUT2D eigenvalue weighted by molar-refractivity contribution is 7.99. The van der Waals surface area contributed by atoms with E-state index in [-0.39, 0.29) is 18.5 Å². The molecule has 2 aromatic carbocycles. The van der Waals surface area contributed by atoms with Crippen molar-refractivity contribution in [3.8, 4) is 0 Å². The number of nitrogens with zero attached hydrogens (tertiary/aromatic N) is 2. The van der Waals surface area contributed by atoms with Gasteiger partial charge in [-0.2, -0.15) is 8.78 Å². The zero-order valence-corrected chi connectivity index (χ0v) is 16.6. The number of rotatable bonds is 6. The molecule has 1 fully saturated rings. The highest BCUT2D eigenvalue weighted by atomic mass is 32.2. The topological polar surface area (TPSA) is 45.2 Å². The molecule has 1 N–H and O–H groups in total. The second-order valence-electron chi connectivity index (χ2n) is 6.60. The summed E-state index contributed by atoms with van der Waals surface area (Å²) in [6, 6.07) is 14.7. The molecule has 1 aliphatic rings. The molecule has 8 heteroatoms. The highest BCUT2D eigenvalue weighted by Gasteiger charge is 2.30. The van der Waals surface area contributed by atoms with Gasteiger partial charge < -0.3 is 5.32 Å². The van der Waals surface area contributed by atoms with Crippen molar-refractivity contribution < 1.29 is 13.6 Å². The summed E-state index contributed by atoms with van der Waals surface area (Å²) in [5, 5.41) is 3.91. The number of likely N-dealkylation sites (tertiary alicyclic amines) is 1. The molecule has 0 aliphatic carbocycles. The number of hydrogen-bond acceptors (Lipinski definition) is 5. The third-order valence-electron chi connectivity index (χ3n) is 4.67. The van der Waals surface area contributed by atoms with Crippen LogP contribution in [0.3, 0.4) is 0 Å². The minimum Gasteiger partial charge on any atom is -0.325 e. The Hall–Kier alpha value is -2.03. The quantitative estimate of drug-likeness (QED) is 0.545. The van der Waals surface area contributed by atoms with E-state index < -0.39 is 5.76 Å². The van der Waals surface area contributed by atoms with Crippen LogP contribution in [0.15, 0.2) is 53.4 Å². The molecule has 1 atom stereocenters. The summed E-state index contributed by atoms with van der Waals surface area (Å²) < 4.78 is 25.9. The molecule has 0 bridgehead atoms. The van der Waals surface area contributed by atoms with Crippen LogP contribution >= 0.6 is 23.1 Å². The summed E-state index contributed by atoms with van der Waals surface area (Å²) in [4.78, 5) is 19.9. The number of nitrogens with one attached hydrogen (secondary N) is 1. The molecule has 1 aromatic heterocycles. The summed E-state index contributed by atoms with van der Waals surface area (Å²) in [5.74, 6) is -2.56. The maximum Gasteiger partial charge on any atom is 0.288 e. The summed E-state index contributed by atoms with van der Waals surface area (Å²) in [6.07, 6.45) is 2.03. The van der Waals surface area contributed by atoms with Gasteiger partial charge in [0.05, 0.1) is 22.8 Å². The van der Waals surface area contributed by atoms with E-state index in [1.165, 1.54) is 0 Å². The second-order valence-corrected chi connectivity index (χ2v) is 8.73. The van der Waals surface area contributed by atoms with E-state index in [4.69, 9.17) is 4.98 Å². The van der Waals surface area contributed by atoms with Gasteiger partial charge in [0.2, 0.25) is 5.91 Å². The molecule has 2 heterocycles. The van der Waals surface area contributed by atoms with Crippen LogP contribution in [0.5, 0.6) is 0 Å². The number of carbonyl (C=O) groups is 1. The first-order valence-corrected chi connectivity index (χ1v) is 10.7. The molecule has 3 aromatic rings. The summed E-state index contributed by atoms with van der Waals surface area (Å²) in [5.41, 5.74) is 1.61. The van der Waals surface area contributed by atoms with Crippen LogP contribution in [-0.4, -0.2) is 34.6 Å². The van der Waals surface area contributed by atoms with Gasteiger partial charge in [-0.05, 0) is 55.8 Å². The number of halogens is 2. The van der Waals surface area contributed by atoms with Crippen LogP contribution in [0.25, 0.3) is 10.2 Å². The summed E-state index contributed by atoms with van der Waals surface area (Å²) >= 11 is 2.18. The zero-order valence-electron chi connectivity index (χ0n) is 15.0. The number of para-hydroxylation sites is 1. The number of carbonyl (C=O) groups excluding carboxylic acids is 1. The lowest BCUT2D eigenvalue weighted by Crippen LogP contribution is -2.32. The average Bonchev–Trinajstić information content (AvgIpc) is 3.29. The number of benzene rings is 2. The molecular formula is C20H19F2N3OS2. The fourth-order valence-electron chi connectivity index (χ4n) is 3.43. The van der Waals surface area contributed by atoms with Crippen molar-refractivity contribution in [2.75, 3.05) is 18.4 Å². The predicted molar refractivity (Wildman–Crippen MR) is 110 cm³/mol. The lowest BCUT2D eigenvalue weighted by Gasteiger charge is -2.22. The minimum absolute atomic E-state index is 0.109. The molecule has 1 aliphatic heterocycles. The number of anilines is 1. The lowest BCUT2D eigenvalue weighted by atomic mass is 10.2. The van der Waals surface area contributed by atoms with Gasteiger partial charge >= 0.3 is 0 Å². The largest absolute Gasteiger partial charge is 0.325 e. The van der Waals surface area contributed by atoms with Crippen molar-refractivity contribution in [1.29, 1.82) is 0 Å². The minimum atomic E-state index is -2.45. The van der Waals surface area contributed by atoms with Crippen molar-refractivity contribution in [2.24, 2.45) is 0 Å². The van der Waals surface area contributed by atoms with E-state index in [0.29, 0.717) is 22.3 Å². The Morgan fingerprint density at radius 1 is 1.25 bits per heavy atom. The van der Waals surface area contributed by atoms with E-state index in [1.807, 2.05) is 18.2 Å². The van der Waals surface area contributed by atoms with Crippen molar-refractivity contribution in [2.45, 2.75) is 29.5 Å². The number of thioether (sulfide) groups is 1. The standard InChI is InChI=1S/C20H19F2N3OS2/c21-20(22)27-14-9-7-13(8-10-14)23-18(26)12-25-11-3-5-16(25)19-24-15-4-1-2-6-17(15)28-19/h1-2,4,6-10,16,20H,3,5,11-12H2,(H,23,26). The van der Waals surface area contributed by atoms with Gasteiger partial charge in [-0.15, -0.1) is 11.3 Å². The van der Waals surface area contributed by atoms with Gasteiger partial charge in [0.1, 0.15) is 5.01 Å². The van der Waals surface area contributed by atoms with Crippen LogP contribution in [0.2, 0.25) is 0 Å². The molecule has 1 saturated heterocycles. The number of alkyl halides is 2. The SMILES string of the molecule is O=C(CN1CCCC1c1nc2ccccc2s1)Nc1ccc(SC(F)F)cc1. The van der Waals surface area contributed by atoms with Gasteiger partial charge in [0, 0.05) is 10.6 Å². The number of thiazole rings is 1. The normalized spacial score (nSPS) is 17.5. The Bertz CT molecular complexity index is 928. The first-order chi connectivity index (χ1) is 13.6. The van der Waals surface area contributed by atoms with E-state index in [1.54, 1.807) is 35.6 Å². The maximum absolute atomic E-state index is 12.5. The number of aromatic nitrogens is 1. The molecule has 28 heavy (non-hydrogen) atoms. The van der Waals surface area contributed by atoms with E-state index in [9.17, 15) is 13.6 Å². The third-order valence-corrected chi connectivity index (χ3v) is 6.53. The van der Waals surface area contributed by atoms with Gasteiger partial charge in [-0.25, -0.2) is 4.98 Å². The van der Waals surface area contributed by atoms with Crippen molar-refractivity contribution >= 4 is 44.9 Å². The fourth-order valence-corrected chi connectivity index (χ4v) is 5.07. The molecule has 4 nitrogen and oxygen atoms in total. The molecule has 4 rings (SSSR count). The van der Waals surface area contributed by atoms with E-state index >= 15 is 0 Å². The molecule has 0 radical (unpaired) electrons. The van der Waals surface area contributed by atoms with Gasteiger partial charge in [0.15, 0.2) is 0 Å². The van der Waals surface area contributed by atoms with Crippen LogP contribution in [0.4, 0.5) is 14.5 Å². The monoisotopic (exact) mass is 419 g/mol. The maximum atomic E-state index is 12.5. The Balaban J connectivity index is 1.39. The molecule has 1 unspecified atom stereocenters. The van der Waals surface area contributed by atoms with Crippen molar-refractivity contribution in [1.82, 2.24) is 9.88 Å². The Kier molecular flexibility index (Phi) is 5.89. The fraction of sp³-hybridized carbons (Fsp3) is 0.300. The average molecular weight is 420 g/mol. The van der Waals surface area contributed by atoms with Gasteiger partial charge in [-0.3, -0.25) is 9.69 Å². The first kappa shape index (κ1) is 19.3. The molecule has 0 saturated carbocycles. The van der Waals surface area contributed by atoms with Gasteiger partial charge in [-0.1, -0.05) is 23.9 Å². The number of fused-ring (bicyclic) bond motifs is 1. The van der Waals surface area contributed by atoms with Crippen LogP contribution in [0.1, 0.15) is 23.9 Å². The second kappa shape index (κ2) is 8.55. The van der Waals surface area contributed by atoms with Crippen LogP contribution in [0, 0.1) is 0 Å². The van der Waals surface area contributed by atoms with Crippen molar-refractivity contribution in [3.63, 3.8) is 0 Å². The Labute approximate surface area is 170 Å². The Morgan fingerprint density at radius 2 is 2.04 bits per heavy atom. The van der Waals surface area contributed by atoms with Crippen LogP contribution in [-0.2, 0) is 4.79 Å². The predicted octanol–water partition coefficient (Wildman–Crippen LogP) is 5.39. The lowest BCUT2D eigenvalue weighted by molar-refractivity contribution is -0.117. The highest BCUT2D eigenvalue weighted by Crippen LogP contribution is 2.36. The molecule has 0 spiro atoms. The summed E-state index contributed by atoms with van der Waals surface area (Å²) in [7, 11) is 0. The molecule has 1 amide bonds. The van der Waals surface area contributed by atoms with Crippen LogP contribution < -0.4 is 5.32 Å². The van der Waals surface area contributed by atoms with E-state index in [2.05, 4.69) is 16.3 Å². The molecular weight excluding hydrogens is 400 g/mol. The Morgan fingerprint density at radius 3 is 2.79 bits per heavy atom. The number of hydrogen-bond donors (Lipinski definition) is 1. The first-order valence-electron chi connectivity index (χ1n) is 9.03.